The van der Waals surface area contributed by atoms with Crippen LogP contribution in [0.2, 0.25) is 0 Å². The predicted octanol–water partition coefficient (Wildman–Crippen LogP) is 2.78. The van der Waals surface area contributed by atoms with E-state index in [0.29, 0.717) is 0 Å². The van der Waals surface area contributed by atoms with Crippen LogP contribution in [0.25, 0.3) is 10.9 Å². The number of nitrogens with zero attached hydrogens (tertiary/aromatic N) is 1. The number of hydrogen-bond acceptors (Lipinski definition) is 2. The highest BCUT2D eigenvalue weighted by molar-refractivity contribution is 5.94. The SMILES string of the molecule is COc1cc(N2CCCC2)c2cc[nH]c2c1. The molecule has 3 heteroatoms. The Kier molecular flexibility index (Phi) is 2.24. The summed E-state index contributed by atoms with van der Waals surface area (Å²) in [5.74, 6) is 0.928. The van der Waals surface area contributed by atoms with Gasteiger partial charge >= 0.3 is 0 Å². The van der Waals surface area contributed by atoms with Gasteiger partial charge in [-0.15, -0.1) is 0 Å². The average molecular weight is 216 g/mol. The van der Waals surface area contributed by atoms with Gasteiger partial charge in [-0.05, 0) is 18.9 Å². The summed E-state index contributed by atoms with van der Waals surface area (Å²) in [6.45, 7) is 2.32. The topological polar surface area (TPSA) is 28.3 Å². The Balaban J connectivity index is 2.15. The van der Waals surface area contributed by atoms with Gasteiger partial charge in [0.1, 0.15) is 5.75 Å². The van der Waals surface area contributed by atoms with Gasteiger partial charge in [0, 0.05) is 42.5 Å². The summed E-state index contributed by atoms with van der Waals surface area (Å²) in [6, 6.07) is 6.33. The highest BCUT2D eigenvalue weighted by Gasteiger charge is 2.16. The maximum Gasteiger partial charge on any atom is 0.123 e. The minimum Gasteiger partial charge on any atom is -0.497 e. The van der Waals surface area contributed by atoms with Crippen molar-refractivity contribution in [3.63, 3.8) is 0 Å². The van der Waals surface area contributed by atoms with E-state index in [1.54, 1.807) is 7.11 Å². The molecule has 16 heavy (non-hydrogen) atoms. The van der Waals surface area contributed by atoms with Gasteiger partial charge in [0.15, 0.2) is 0 Å². The molecule has 1 saturated heterocycles. The lowest BCUT2D eigenvalue weighted by molar-refractivity contribution is 0.415. The van der Waals surface area contributed by atoms with Gasteiger partial charge in [-0.25, -0.2) is 0 Å². The van der Waals surface area contributed by atoms with Crippen LogP contribution in [0.15, 0.2) is 24.4 Å². The first-order valence-corrected chi connectivity index (χ1v) is 5.78. The lowest BCUT2D eigenvalue weighted by Gasteiger charge is -2.19. The van der Waals surface area contributed by atoms with E-state index in [1.165, 1.54) is 23.9 Å². The maximum atomic E-state index is 5.35. The summed E-state index contributed by atoms with van der Waals surface area (Å²) in [5.41, 5.74) is 2.45. The first-order valence-electron chi connectivity index (χ1n) is 5.78. The summed E-state index contributed by atoms with van der Waals surface area (Å²) < 4.78 is 5.35. The van der Waals surface area contributed by atoms with Gasteiger partial charge in [0.05, 0.1) is 12.6 Å². The molecule has 84 valence electrons. The third-order valence-electron chi connectivity index (χ3n) is 3.30. The highest BCUT2D eigenvalue weighted by atomic mass is 16.5. The molecule has 1 aliphatic heterocycles. The number of aromatic nitrogens is 1. The molecule has 2 heterocycles. The molecule has 2 aromatic rings. The van der Waals surface area contributed by atoms with Crippen LogP contribution in [0.1, 0.15) is 12.8 Å². The second kappa shape index (κ2) is 3.74. The fourth-order valence-electron chi connectivity index (χ4n) is 2.46. The van der Waals surface area contributed by atoms with Crippen LogP contribution < -0.4 is 9.64 Å². The number of anilines is 1. The van der Waals surface area contributed by atoms with Gasteiger partial charge in [-0.2, -0.15) is 0 Å². The molecule has 0 atom stereocenters. The summed E-state index contributed by atoms with van der Waals surface area (Å²) in [6.07, 6.45) is 4.58. The Morgan fingerprint density at radius 1 is 1.25 bits per heavy atom. The van der Waals surface area contributed by atoms with Crippen LogP contribution in [-0.2, 0) is 0 Å². The summed E-state index contributed by atoms with van der Waals surface area (Å²) in [5, 5.41) is 1.29. The minimum absolute atomic E-state index is 0.928. The molecule has 3 rings (SSSR count). The van der Waals surface area contributed by atoms with Crippen LogP contribution >= 0.6 is 0 Å². The molecule has 1 N–H and O–H groups in total. The first kappa shape index (κ1) is 9.58. The number of ether oxygens (including phenoxy) is 1. The molecule has 0 saturated carbocycles. The Hall–Kier alpha value is -1.64. The van der Waals surface area contributed by atoms with E-state index in [-0.39, 0.29) is 0 Å². The number of aromatic amines is 1. The number of rotatable bonds is 2. The fourth-order valence-corrected chi connectivity index (χ4v) is 2.46. The summed E-state index contributed by atoms with van der Waals surface area (Å²) in [4.78, 5) is 5.69. The smallest absolute Gasteiger partial charge is 0.123 e. The van der Waals surface area contributed by atoms with Crippen LogP contribution in [0.5, 0.6) is 5.75 Å². The van der Waals surface area contributed by atoms with E-state index in [1.807, 2.05) is 6.20 Å². The van der Waals surface area contributed by atoms with Gasteiger partial charge in [0.2, 0.25) is 0 Å². The monoisotopic (exact) mass is 216 g/mol. The number of hydrogen-bond donors (Lipinski definition) is 1. The molecule has 3 nitrogen and oxygen atoms in total. The van der Waals surface area contributed by atoms with E-state index >= 15 is 0 Å². The van der Waals surface area contributed by atoms with Crippen molar-refractivity contribution in [2.75, 3.05) is 25.1 Å². The molecule has 0 amide bonds. The van der Waals surface area contributed by atoms with E-state index in [9.17, 15) is 0 Å². The molecular formula is C13H16N2O. The van der Waals surface area contributed by atoms with Gasteiger partial charge < -0.3 is 14.6 Å². The van der Waals surface area contributed by atoms with E-state index < -0.39 is 0 Å². The van der Waals surface area contributed by atoms with Crippen molar-refractivity contribution >= 4 is 16.6 Å². The minimum atomic E-state index is 0.928. The number of nitrogens with one attached hydrogen (secondary N) is 1. The second-order valence-electron chi connectivity index (χ2n) is 4.28. The van der Waals surface area contributed by atoms with E-state index in [4.69, 9.17) is 4.74 Å². The van der Waals surface area contributed by atoms with Crippen LogP contribution in [0.3, 0.4) is 0 Å². The van der Waals surface area contributed by atoms with Crippen molar-refractivity contribution in [3.8, 4) is 5.75 Å². The Bertz CT molecular complexity index is 498. The van der Waals surface area contributed by atoms with Crippen LogP contribution in [-0.4, -0.2) is 25.2 Å². The third kappa shape index (κ3) is 1.43. The number of benzene rings is 1. The third-order valence-corrected chi connectivity index (χ3v) is 3.30. The highest BCUT2D eigenvalue weighted by Crippen LogP contribution is 2.33. The predicted molar refractivity (Wildman–Crippen MR) is 66.3 cm³/mol. The molecule has 0 bridgehead atoms. The van der Waals surface area contributed by atoms with Gasteiger partial charge in [0.25, 0.3) is 0 Å². The zero-order valence-electron chi connectivity index (χ0n) is 9.49. The van der Waals surface area contributed by atoms with Crippen molar-refractivity contribution in [2.24, 2.45) is 0 Å². The van der Waals surface area contributed by atoms with E-state index in [2.05, 4.69) is 28.1 Å². The maximum absolute atomic E-state index is 5.35. The first-order chi connectivity index (χ1) is 7.88. The fraction of sp³-hybridized carbons (Fsp3) is 0.385. The molecule has 0 aliphatic carbocycles. The largest absolute Gasteiger partial charge is 0.497 e. The lowest BCUT2D eigenvalue weighted by Crippen LogP contribution is -2.17. The quantitative estimate of drug-likeness (QED) is 0.836. The van der Waals surface area contributed by atoms with E-state index in [0.717, 1.165) is 24.4 Å². The molecule has 1 aromatic heterocycles. The van der Waals surface area contributed by atoms with Crippen molar-refractivity contribution in [3.05, 3.63) is 24.4 Å². The van der Waals surface area contributed by atoms with Crippen molar-refractivity contribution in [2.45, 2.75) is 12.8 Å². The average Bonchev–Trinajstić information content (AvgIpc) is 2.98. The molecule has 0 spiro atoms. The van der Waals surface area contributed by atoms with Gasteiger partial charge in [-0.1, -0.05) is 0 Å². The van der Waals surface area contributed by atoms with Crippen molar-refractivity contribution in [1.29, 1.82) is 0 Å². The van der Waals surface area contributed by atoms with Crippen LogP contribution in [0, 0.1) is 0 Å². The van der Waals surface area contributed by atoms with Crippen LogP contribution in [0.4, 0.5) is 5.69 Å². The number of fused-ring (bicyclic) bond motifs is 1. The Morgan fingerprint density at radius 3 is 2.81 bits per heavy atom. The summed E-state index contributed by atoms with van der Waals surface area (Å²) >= 11 is 0. The molecule has 1 aliphatic rings. The molecule has 1 aromatic carbocycles. The second-order valence-corrected chi connectivity index (χ2v) is 4.28. The lowest BCUT2D eigenvalue weighted by atomic mass is 10.2. The normalized spacial score (nSPS) is 15.9. The number of methoxy groups -OCH3 is 1. The Labute approximate surface area is 95.0 Å². The zero-order valence-corrected chi connectivity index (χ0v) is 9.49. The molecule has 1 fully saturated rings. The molecular weight excluding hydrogens is 200 g/mol. The summed E-state index contributed by atoms with van der Waals surface area (Å²) in [7, 11) is 1.72. The zero-order chi connectivity index (χ0) is 11.0. The van der Waals surface area contributed by atoms with Crippen molar-refractivity contribution < 1.29 is 4.74 Å². The molecule has 0 radical (unpaired) electrons. The number of H-pyrrole nitrogens is 1. The van der Waals surface area contributed by atoms with Gasteiger partial charge in [-0.3, -0.25) is 0 Å². The molecule has 0 unspecified atom stereocenters. The standard InChI is InChI=1S/C13H16N2O/c1-16-10-8-12-11(4-5-14-12)13(9-10)15-6-2-3-7-15/h4-5,8-9,14H,2-3,6-7H2,1H3. The Morgan fingerprint density at radius 2 is 2.06 bits per heavy atom. The van der Waals surface area contributed by atoms with Crippen molar-refractivity contribution in [1.82, 2.24) is 4.98 Å².